The van der Waals surface area contributed by atoms with E-state index in [0.717, 1.165) is 29.5 Å². The van der Waals surface area contributed by atoms with Gasteiger partial charge < -0.3 is 14.0 Å². The molecule has 0 aliphatic heterocycles. The minimum absolute atomic E-state index is 0.0691. The van der Waals surface area contributed by atoms with Crippen molar-refractivity contribution in [3.8, 4) is 5.75 Å². The molecule has 0 aliphatic carbocycles. The Bertz CT molecular complexity index is 1670. The fraction of sp³-hybridized carbons (Fsp3) is 0.276. The molecule has 0 saturated carbocycles. The molecule has 9 nitrogen and oxygen atoms in total. The number of anilines is 1. The van der Waals surface area contributed by atoms with E-state index in [2.05, 4.69) is 22.7 Å². The van der Waals surface area contributed by atoms with Crippen molar-refractivity contribution in [3.05, 3.63) is 82.7 Å². The monoisotopic (exact) mass is 581 g/mol. The summed E-state index contributed by atoms with van der Waals surface area (Å²) in [4.78, 5) is 30.2. The molecule has 210 valence electrons. The van der Waals surface area contributed by atoms with Crippen LogP contribution in [-0.2, 0) is 32.5 Å². The average molecular weight is 582 g/mol. The predicted octanol–water partition coefficient (Wildman–Crippen LogP) is 5.16. The normalized spacial score (nSPS) is 11.9. The third kappa shape index (κ3) is 6.97. The molecule has 4 aromatic rings. The van der Waals surface area contributed by atoms with Crippen LogP contribution in [0.15, 0.2) is 76.6 Å². The number of nitrogens with one attached hydrogen (secondary N) is 1. The van der Waals surface area contributed by atoms with E-state index in [0.29, 0.717) is 16.2 Å². The first-order valence-corrected chi connectivity index (χ1v) is 15.2. The first-order chi connectivity index (χ1) is 19.2. The zero-order valence-electron chi connectivity index (χ0n) is 22.5. The third-order valence-electron chi connectivity index (χ3n) is 6.11. The minimum Gasteiger partial charge on any atom is -0.497 e. The van der Waals surface area contributed by atoms with Crippen LogP contribution in [0.3, 0.4) is 0 Å². The highest BCUT2D eigenvalue weighted by Gasteiger charge is 2.16. The first kappa shape index (κ1) is 29.0. The summed E-state index contributed by atoms with van der Waals surface area (Å²) in [6.45, 7) is 4.06. The highest BCUT2D eigenvalue weighted by Crippen LogP contribution is 2.22. The number of aryl methyl sites for hydroxylation is 1. The molecule has 0 bridgehead atoms. The summed E-state index contributed by atoms with van der Waals surface area (Å²) in [5, 5.41) is 0. The Balaban J connectivity index is 1.60. The van der Waals surface area contributed by atoms with E-state index in [1.165, 1.54) is 60.4 Å². The summed E-state index contributed by atoms with van der Waals surface area (Å²) < 4.78 is 40.8. The topological polar surface area (TPSA) is 116 Å². The molecule has 40 heavy (non-hydrogen) atoms. The lowest BCUT2D eigenvalue weighted by molar-refractivity contribution is -0.143. The van der Waals surface area contributed by atoms with Crippen LogP contribution in [0, 0.1) is 0 Å². The van der Waals surface area contributed by atoms with Gasteiger partial charge in [0.05, 0.1) is 28.8 Å². The average Bonchev–Trinajstić information content (AvgIpc) is 3.27. The largest absolute Gasteiger partial charge is 0.497 e. The summed E-state index contributed by atoms with van der Waals surface area (Å²) in [5.41, 5.74) is 2.56. The van der Waals surface area contributed by atoms with Crippen LogP contribution >= 0.6 is 11.3 Å². The number of thiazole rings is 1. The van der Waals surface area contributed by atoms with Gasteiger partial charge in [-0.05, 0) is 86.0 Å². The molecule has 0 aliphatic rings. The van der Waals surface area contributed by atoms with Crippen molar-refractivity contribution >= 4 is 49.1 Å². The predicted molar refractivity (Wildman–Crippen MR) is 155 cm³/mol. The Labute approximate surface area is 237 Å². The number of sulfonamides is 1. The number of rotatable bonds is 11. The highest BCUT2D eigenvalue weighted by molar-refractivity contribution is 7.92. The Morgan fingerprint density at radius 3 is 2.38 bits per heavy atom. The van der Waals surface area contributed by atoms with E-state index in [4.69, 9.17) is 9.47 Å². The zero-order valence-corrected chi connectivity index (χ0v) is 24.2. The smallest absolute Gasteiger partial charge is 0.326 e. The summed E-state index contributed by atoms with van der Waals surface area (Å²) in [6, 6.07) is 18.1. The maximum absolute atomic E-state index is 13.1. The van der Waals surface area contributed by atoms with Crippen molar-refractivity contribution in [2.24, 2.45) is 4.99 Å². The molecule has 0 spiro atoms. The summed E-state index contributed by atoms with van der Waals surface area (Å²) in [5.74, 6) is -0.385. The fourth-order valence-corrected chi connectivity index (χ4v) is 6.18. The molecule has 3 aromatic carbocycles. The van der Waals surface area contributed by atoms with Crippen molar-refractivity contribution in [1.82, 2.24) is 4.57 Å². The Morgan fingerprint density at radius 1 is 1.00 bits per heavy atom. The number of unbranched alkanes of at least 4 members (excludes halogenated alkanes) is 1. The number of ether oxygens (including phenoxy) is 2. The van der Waals surface area contributed by atoms with Crippen LogP contribution in [0.1, 0.15) is 42.6 Å². The fourth-order valence-electron chi connectivity index (χ4n) is 4.03. The second kappa shape index (κ2) is 12.9. The van der Waals surface area contributed by atoms with E-state index in [-0.39, 0.29) is 23.6 Å². The quantitative estimate of drug-likeness (QED) is 0.245. The number of carbonyl (C=O) groups excluding carboxylic acids is 2. The molecule has 4 rings (SSSR count). The third-order valence-corrected chi connectivity index (χ3v) is 8.55. The Hall–Kier alpha value is -3.96. The van der Waals surface area contributed by atoms with E-state index in [1.807, 2.05) is 12.1 Å². The molecule has 11 heteroatoms. The maximum atomic E-state index is 13.1. The van der Waals surface area contributed by atoms with Crippen LogP contribution in [0.25, 0.3) is 10.2 Å². The van der Waals surface area contributed by atoms with Crippen LogP contribution in [-0.4, -0.2) is 38.6 Å². The van der Waals surface area contributed by atoms with Crippen molar-refractivity contribution in [2.45, 2.75) is 44.6 Å². The van der Waals surface area contributed by atoms with E-state index < -0.39 is 21.9 Å². The number of benzene rings is 3. The Morgan fingerprint density at radius 2 is 1.73 bits per heavy atom. The molecule has 0 atom stereocenters. The van der Waals surface area contributed by atoms with Gasteiger partial charge >= 0.3 is 5.97 Å². The van der Waals surface area contributed by atoms with Gasteiger partial charge in [0.15, 0.2) is 4.80 Å². The van der Waals surface area contributed by atoms with Crippen molar-refractivity contribution < 1.29 is 27.5 Å². The highest BCUT2D eigenvalue weighted by atomic mass is 32.2. The molecule has 0 radical (unpaired) electrons. The number of amides is 1. The van der Waals surface area contributed by atoms with Gasteiger partial charge in [0.1, 0.15) is 12.3 Å². The number of methoxy groups -OCH3 is 1. The zero-order chi connectivity index (χ0) is 28.7. The van der Waals surface area contributed by atoms with Crippen LogP contribution in [0.4, 0.5) is 5.69 Å². The van der Waals surface area contributed by atoms with E-state index in [1.54, 1.807) is 23.6 Å². The van der Waals surface area contributed by atoms with Crippen molar-refractivity contribution in [1.29, 1.82) is 0 Å². The Kier molecular flexibility index (Phi) is 9.38. The molecular formula is C29H31N3O6S2. The number of aromatic nitrogens is 1. The maximum Gasteiger partial charge on any atom is 0.326 e. The lowest BCUT2D eigenvalue weighted by atomic mass is 10.1. The summed E-state index contributed by atoms with van der Waals surface area (Å²) in [7, 11) is -2.32. The second-order valence-corrected chi connectivity index (χ2v) is 11.6. The van der Waals surface area contributed by atoms with Crippen molar-refractivity contribution in [3.63, 3.8) is 0 Å². The van der Waals surface area contributed by atoms with Crippen LogP contribution in [0.2, 0.25) is 0 Å². The van der Waals surface area contributed by atoms with E-state index in [9.17, 15) is 18.0 Å². The van der Waals surface area contributed by atoms with Gasteiger partial charge in [-0.2, -0.15) is 4.99 Å². The van der Waals surface area contributed by atoms with Crippen molar-refractivity contribution in [2.75, 3.05) is 18.4 Å². The first-order valence-electron chi connectivity index (χ1n) is 12.9. The van der Waals surface area contributed by atoms with Gasteiger partial charge in [0.2, 0.25) is 0 Å². The van der Waals surface area contributed by atoms with Gasteiger partial charge in [-0.25, -0.2) is 8.42 Å². The lowest BCUT2D eigenvalue weighted by Gasteiger charge is -2.09. The number of nitrogens with zero attached hydrogens (tertiary/aromatic N) is 2. The lowest BCUT2D eigenvalue weighted by Crippen LogP contribution is -2.23. The standard InChI is InChI=1S/C29H31N3O6S2/c1-4-6-7-20-8-17-25-26(18-20)39-29(32(25)19-27(33)38-5-2)30-28(34)21-9-11-22(12-10-21)31-40(35,36)24-15-13-23(37-3)14-16-24/h8-18,31H,4-7,19H2,1-3H3. The summed E-state index contributed by atoms with van der Waals surface area (Å²) in [6.07, 6.45) is 3.10. The molecule has 0 fully saturated rings. The van der Waals surface area contributed by atoms with Crippen LogP contribution in [0.5, 0.6) is 5.75 Å². The number of carbonyl (C=O) groups is 2. The molecule has 1 N–H and O–H groups in total. The van der Waals surface area contributed by atoms with Gasteiger partial charge in [-0.3, -0.25) is 14.3 Å². The molecular weight excluding hydrogens is 550 g/mol. The minimum atomic E-state index is -3.83. The van der Waals surface area contributed by atoms with Gasteiger partial charge in [-0.15, -0.1) is 0 Å². The summed E-state index contributed by atoms with van der Waals surface area (Å²) >= 11 is 1.33. The molecule has 1 heterocycles. The van der Waals surface area contributed by atoms with Gasteiger partial charge in [0.25, 0.3) is 15.9 Å². The van der Waals surface area contributed by atoms with Gasteiger partial charge in [-0.1, -0.05) is 30.7 Å². The van der Waals surface area contributed by atoms with E-state index >= 15 is 0 Å². The second-order valence-electron chi connectivity index (χ2n) is 8.96. The number of fused-ring (bicyclic) bond motifs is 1. The number of hydrogen-bond acceptors (Lipinski definition) is 7. The molecule has 0 unspecified atom stereocenters. The number of hydrogen-bond donors (Lipinski definition) is 1. The SMILES string of the molecule is CCCCc1ccc2c(c1)sc(=NC(=O)c1ccc(NS(=O)(=O)c3ccc(OC)cc3)cc1)n2CC(=O)OCC. The molecule has 1 amide bonds. The van der Waals surface area contributed by atoms with Gasteiger partial charge in [0, 0.05) is 11.3 Å². The number of esters is 1. The van der Waals surface area contributed by atoms with Crippen LogP contribution < -0.4 is 14.3 Å². The molecule has 1 aromatic heterocycles. The molecule has 0 saturated heterocycles.